The molecule has 6 nitrogen and oxygen atoms in total. The van der Waals surface area contributed by atoms with E-state index in [1.807, 2.05) is 0 Å². The summed E-state index contributed by atoms with van der Waals surface area (Å²) in [6, 6.07) is 4.75. The molecule has 0 spiro atoms. The minimum atomic E-state index is -0.675. The van der Waals surface area contributed by atoms with Crippen LogP contribution in [-0.2, 0) is 4.74 Å². The van der Waals surface area contributed by atoms with Gasteiger partial charge in [0.25, 0.3) is 0 Å². The second-order valence-corrected chi connectivity index (χ2v) is 3.84. The number of ether oxygens (including phenoxy) is 1. The van der Waals surface area contributed by atoms with Crippen molar-refractivity contribution in [3.05, 3.63) is 23.8 Å². The summed E-state index contributed by atoms with van der Waals surface area (Å²) in [5, 5.41) is 5.06. The molecule has 0 fully saturated rings. The quantitative estimate of drug-likeness (QED) is 0.427. The van der Waals surface area contributed by atoms with Crippen molar-refractivity contribution in [2.45, 2.75) is 6.92 Å². The number of carbonyl (C=O) groups is 2. The lowest BCUT2D eigenvalue weighted by Gasteiger charge is -2.11. The molecule has 0 aliphatic heterocycles. The van der Waals surface area contributed by atoms with Crippen LogP contribution in [0.2, 0.25) is 0 Å². The minimum absolute atomic E-state index is 0.0594. The molecule has 1 aromatic carbocycles. The highest BCUT2D eigenvalue weighted by Gasteiger charge is 2.07. The third kappa shape index (κ3) is 3.70. The van der Waals surface area contributed by atoms with Gasteiger partial charge in [0.1, 0.15) is 0 Å². The summed E-state index contributed by atoms with van der Waals surface area (Å²) < 4.78 is 4.39. The van der Waals surface area contributed by atoms with Crippen LogP contribution in [0.4, 0.5) is 16.2 Å². The van der Waals surface area contributed by atoms with Gasteiger partial charge < -0.3 is 15.8 Å². The van der Waals surface area contributed by atoms with Gasteiger partial charge in [0.2, 0.25) is 0 Å². The molecular weight excluding hydrogens is 254 g/mol. The number of hydrogen-bond donors (Lipinski definition) is 3. The number of amides is 1. The molecule has 7 heteroatoms. The molecule has 0 radical (unpaired) electrons. The molecule has 1 amide bonds. The zero-order valence-electron chi connectivity index (χ0n) is 9.94. The molecule has 0 aromatic heterocycles. The number of nitrogens with two attached hydrogens (primary N) is 1. The number of anilines is 2. The summed E-state index contributed by atoms with van der Waals surface area (Å²) >= 11 is 4.88. The lowest BCUT2D eigenvalue weighted by molar-refractivity contribution is 0.101. The molecular formula is C11H13N3O3S. The summed E-state index contributed by atoms with van der Waals surface area (Å²) in [5.41, 5.74) is 7.12. The first kappa shape index (κ1) is 13.9. The average Bonchev–Trinajstić information content (AvgIpc) is 2.31. The Morgan fingerprint density at radius 2 is 2.06 bits per heavy atom. The fourth-order valence-corrected chi connectivity index (χ4v) is 1.39. The molecule has 0 heterocycles. The van der Waals surface area contributed by atoms with E-state index in [0.717, 1.165) is 0 Å². The predicted octanol–water partition coefficient (Wildman–Crippen LogP) is 1.52. The normalized spacial score (nSPS) is 9.44. The van der Waals surface area contributed by atoms with Gasteiger partial charge in [-0.25, -0.2) is 4.79 Å². The largest absolute Gasteiger partial charge is 0.453 e. The highest BCUT2D eigenvalue weighted by atomic mass is 32.1. The van der Waals surface area contributed by atoms with Crippen LogP contribution in [0.1, 0.15) is 17.3 Å². The van der Waals surface area contributed by atoms with E-state index in [9.17, 15) is 9.59 Å². The van der Waals surface area contributed by atoms with Gasteiger partial charge in [0.05, 0.1) is 18.5 Å². The fraction of sp³-hybridized carbons (Fsp3) is 0.182. The van der Waals surface area contributed by atoms with Crippen molar-refractivity contribution in [2.24, 2.45) is 0 Å². The van der Waals surface area contributed by atoms with E-state index in [2.05, 4.69) is 15.4 Å². The topological polar surface area (TPSA) is 93.5 Å². The van der Waals surface area contributed by atoms with E-state index in [0.29, 0.717) is 16.9 Å². The maximum absolute atomic E-state index is 11.1. The highest BCUT2D eigenvalue weighted by molar-refractivity contribution is 7.80. The van der Waals surface area contributed by atoms with E-state index in [1.54, 1.807) is 12.1 Å². The lowest BCUT2D eigenvalue weighted by Crippen LogP contribution is -2.34. The number of hydrogen-bond acceptors (Lipinski definition) is 5. The number of carbonyl (C=O) groups excluding carboxylic acids is 2. The number of methoxy groups -OCH3 is 1. The van der Waals surface area contributed by atoms with Gasteiger partial charge in [-0.2, -0.15) is 0 Å². The summed E-state index contributed by atoms with van der Waals surface area (Å²) in [7, 11) is 1.23. The van der Waals surface area contributed by atoms with Crippen LogP contribution in [0.3, 0.4) is 0 Å². The molecule has 0 saturated carbocycles. The van der Waals surface area contributed by atoms with Gasteiger partial charge in [-0.1, -0.05) is 0 Å². The van der Waals surface area contributed by atoms with Crippen LogP contribution in [0.5, 0.6) is 0 Å². The van der Waals surface area contributed by atoms with Crippen LogP contribution in [0.25, 0.3) is 0 Å². The van der Waals surface area contributed by atoms with Crippen molar-refractivity contribution in [2.75, 3.05) is 18.2 Å². The Morgan fingerprint density at radius 1 is 1.39 bits per heavy atom. The molecule has 0 aliphatic rings. The smallest absolute Gasteiger partial charge is 0.413 e. The average molecular weight is 267 g/mol. The van der Waals surface area contributed by atoms with Crippen LogP contribution >= 0.6 is 12.2 Å². The van der Waals surface area contributed by atoms with E-state index < -0.39 is 6.09 Å². The number of alkyl carbamates (subject to hydrolysis) is 1. The third-order valence-corrected chi connectivity index (χ3v) is 2.31. The van der Waals surface area contributed by atoms with Crippen molar-refractivity contribution in [1.82, 2.24) is 5.32 Å². The fourth-order valence-electron chi connectivity index (χ4n) is 1.19. The van der Waals surface area contributed by atoms with Crippen LogP contribution in [0.15, 0.2) is 18.2 Å². The zero-order valence-corrected chi connectivity index (χ0v) is 10.8. The summed E-state index contributed by atoms with van der Waals surface area (Å²) in [6.07, 6.45) is -0.675. The molecule has 0 saturated heterocycles. The Morgan fingerprint density at radius 3 is 2.56 bits per heavy atom. The number of ketones is 1. The van der Waals surface area contributed by atoms with Crippen LogP contribution < -0.4 is 16.4 Å². The standard InChI is InChI=1S/C11H13N3O3S/c1-6(15)7-3-4-9(8(12)5-7)13-10(18)14-11(16)17-2/h3-5H,12H2,1-2H3,(H2,13,14,16,18). The summed E-state index contributed by atoms with van der Waals surface area (Å²) in [5.74, 6) is -0.0801. The second-order valence-electron chi connectivity index (χ2n) is 3.43. The number of nitrogens with one attached hydrogen (secondary N) is 2. The number of Topliss-reactive ketones (excluding diaryl/α,β-unsaturated/α-hetero) is 1. The maximum atomic E-state index is 11.1. The van der Waals surface area contributed by atoms with Crippen molar-refractivity contribution in [1.29, 1.82) is 0 Å². The first-order valence-corrected chi connectivity index (χ1v) is 5.41. The first-order chi connectivity index (χ1) is 8.43. The number of rotatable bonds is 2. The van der Waals surface area contributed by atoms with Crippen LogP contribution in [-0.4, -0.2) is 24.1 Å². The first-order valence-electron chi connectivity index (χ1n) is 5.00. The summed E-state index contributed by atoms with van der Waals surface area (Å²) in [6.45, 7) is 1.45. The van der Waals surface area contributed by atoms with Crippen molar-refractivity contribution in [3.8, 4) is 0 Å². The van der Waals surface area contributed by atoms with Gasteiger partial charge in [-0.05, 0) is 37.3 Å². The van der Waals surface area contributed by atoms with Gasteiger partial charge in [0.15, 0.2) is 10.9 Å². The van der Waals surface area contributed by atoms with Gasteiger partial charge >= 0.3 is 6.09 Å². The number of thiocarbonyl (C=S) groups is 1. The molecule has 0 bridgehead atoms. The monoisotopic (exact) mass is 267 g/mol. The number of nitrogen functional groups attached to an aromatic ring is 1. The Balaban J connectivity index is 2.77. The maximum Gasteiger partial charge on any atom is 0.413 e. The Labute approximate surface area is 109 Å². The molecule has 1 aromatic rings. The lowest BCUT2D eigenvalue weighted by atomic mass is 10.1. The molecule has 0 aliphatic carbocycles. The molecule has 96 valence electrons. The van der Waals surface area contributed by atoms with Gasteiger partial charge in [-0.15, -0.1) is 0 Å². The van der Waals surface area contributed by atoms with E-state index >= 15 is 0 Å². The Bertz CT molecular complexity index is 502. The molecule has 1 rings (SSSR count). The minimum Gasteiger partial charge on any atom is -0.453 e. The zero-order chi connectivity index (χ0) is 13.7. The molecule has 4 N–H and O–H groups in total. The van der Waals surface area contributed by atoms with E-state index in [-0.39, 0.29) is 10.9 Å². The van der Waals surface area contributed by atoms with Gasteiger partial charge in [-0.3, -0.25) is 10.1 Å². The SMILES string of the molecule is COC(=O)NC(=S)Nc1ccc(C(C)=O)cc1N. The van der Waals surface area contributed by atoms with Crippen molar-refractivity contribution in [3.63, 3.8) is 0 Å². The predicted molar refractivity (Wildman–Crippen MR) is 72.6 cm³/mol. The van der Waals surface area contributed by atoms with Crippen molar-refractivity contribution >= 4 is 40.6 Å². The highest BCUT2D eigenvalue weighted by Crippen LogP contribution is 2.20. The molecule has 0 unspecified atom stereocenters. The molecule has 18 heavy (non-hydrogen) atoms. The Kier molecular flexibility index (Phi) is 4.61. The van der Waals surface area contributed by atoms with Crippen molar-refractivity contribution < 1.29 is 14.3 Å². The third-order valence-electron chi connectivity index (χ3n) is 2.11. The Hall–Kier alpha value is -2.15. The summed E-state index contributed by atoms with van der Waals surface area (Å²) in [4.78, 5) is 22.0. The van der Waals surface area contributed by atoms with E-state index in [4.69, 9.17) is 18.0 Å². The number of benzene rings is 1. The second kappa shape index (κ2) is 5.97. The molecule has 0 atom stereocenters. The van der Waals surface area contributed by atoms with Crippen LogP contribution in [0, 0.1) is 0 Å². The van der Waals surface area contributed by atoms with Gasteiger partial charge in [0, 0.05) is 5.56 Å². The van der Waals surface area contributed by atoms with E-state index in [1.165, 1.54) is 20.1 Å².